The molecule has 1 unspecified atom stereocenters. The summed E-state index contributed by atoms with van der Waals surface area (Å²) >= 11 is 0. The number of hydrogen-bond acceptors (Lipinski definition) is 4. The smallest absolute Gasteiger partial charge is 0.303 e. The van der Waals surface area contributed by atoms with Gasteiger partial charge in [-0.25, -0.2) is 9.97 Å². The third kappa shape index (κ3) is 3.91. The summed E-state index contributed by atoms with van der Waals surface area (Å²) in [5.74, 6) is 0.464. The largest absolute Gasteiger partial charge is 0.481 e. The van der Waals surface area contributed by atoms with Gasteiger partial charge in [-0.1, -0.05) is 13.3 Å². The van der Waals surface area contributed by atoms with Crippen molar-refractivity contribution >= 4 is 11.8 Å². The van der Waals surface area contributed by atoms with Crippen LogP contribution in [-0.2, 0) is 11.2 Å². The first-order chi connectivity index (χ1) is 9.19. The minimum Gasteiger partial charge on any atom is -0.481 e. The molecule has 1 atom stereocenters. The molecule has 0 saturated carbocycles. The molecular formula is C14H21N3O2. The highest BCUT2D eigenvalue weighted by Crippen LogP contribution is 2.23. The number of piperidine rings is 1. The van der Waals surface area contributed by atoms with E-state index in [-0.39, 0.29) is 12.3 Å². The third-order valence-electron chi connectivity index (χ3n) is 3.52. The number of rotatable bonds is 5. The van der Waals surface area contributed by atoms with Gasteiger partial charge < -0.3 is 10.0 Å². The molecule has 1 aliphatic heterocycles. The molecule has 0 spiro atoms. The van der Waals surface area contributed by atoms with E-state index in [9.17, 15) is 4.79 Å². The lowest BCUT2D eigenvalue weighted by Crippen LogP contribution is -2.36. The van der Waals surface area contributed by atoms with Crippen LogP contribution in [0.1, 0.15) is 38.3 Å². The van der Waals surface area contributed by atoms with Gasteiger partial charge in [-0.2, -0.15) is 0 Å². The van der Waals surface area contributed by atoms with Crippen LogP contribution in [0.5, 0.6) is 0 Å². The molecule has 2 rings (SSSR count). The van der Waals surface area contributed by atoms with Crippen molar-refractivity contribution < 1.29 is 9.90 Å². The first kappa shape index (κ1) is 13.8. The highest BCUT2D eigenvalue weighted by atomic mass is 16.4. The summed E-state index contributed by atoms with van der Waals surface area (Å²) in [5, 5.41) is 8.89. The fourth-order valence-electron chi connectivity index (χ4n) is 2.64. The lowest BCUT2D eigenvalue weighted by Gasteiger charge is -2.33. The lowest BCUT2D eigenvalue weighted by atomic mass is 9.95. The molecule has 1 aromatic heterocycles. The molecule has 0 radical (unpaired) electrons. The van der Waals surface area contributed by atoms with Crippen LogP contribution in [0.25, 0.3) is 0 Å². The minimum absolute atomic E-state index is 0.232. The second-order valence-electron chi connectivity index (χ2n) is 5.17. The number of hydrogen-bond donors (Lipinski definition) is 1. The molecule has 104 valence electrons. The molecule has 0 bridgehead atoms. The van der Waals surface area contributed by atoms with Gasteiger partial charge >= 0.3 is 5.97 Å². The molecule has 1 aliphatic rings. The molecule has 5 heteroatoms. The number of nitrogens with zero attached hydrogens (tertiary/aromatic N) is 3. The second-order valence-corrected chi connectivity index (χ2v) is 5.17. The monoisotopic (exact) mass is 263 g/mol. The Morgan fingerprint density at radius 1 is 1.53 bits per heavy atom. The zero-order chi connectivity index (χ0) is 13.7. The first-order valence-corrected chi connectivity index (χ1v) is 6.96. The van der Waals surface area contributed by atoms with Gasteiger partial charge in [-0.05, 0) is 25.2 Å². The molecule has 1 N–H and O–H groups in total. The quantitative estimate of drug-likeness (QED) is 0.881. The summed E-state index contributed by atoms with van der Waals surface area (Å²) < 4.78 is 0. The van der Waals surface area contributed by atoms with Gasteiger partial charge in [-0.3, -0.25) is 4.79 Å². The van der Waals surface area contributed by atoms with E-state index in [0.717, 1.165) is 50.3 Å². The summed E-state index contributed by atoms with van der Waals surface area (Å²) in [6, 6.07) is 2.03. The van der Waals surface area contributed by atoms with Gasteiger partial charge in [-0.15, -0.1) is 0 Å². The van der Waals surface area contributed by atoms with Crippen LogP contribution in [0.2, 0.25) is 0 Å². The number of aliphatic carboxylic acids is 1. The van der Waals surface area contributed by atoms with E-state index in [1.165, 1.54) is 0 Å². The molecule has 1 saturated heterocycles. The topological polar surface area (TPSA) is 66.3 Å². The maximum Gasteiger partial charge on any atom is 0.303 e. The SMILES string of the molecule is CCCc1cc(N2CCCC(CC(=O)O)C2)ncn1. The van der Waals surface area contributed by atoms with Crippen LogP contribution < -0.4 is 4.90 Å². The zero-order valence-electron chi connectivity index (χ0n) is 11.4. The average Bonchev–Trinajstić information content (AvgIpc) is 2.39. The van der Waals surface area contributed by atoms with Crippen LogP contribution in [0.4, 0.5) is 5.82 Å². The number of aryl methyl sites for hydroxylation is 1. The number of carboxylic acid groups (broad SMARTS) is 1. The average molecular weight is 263 g/mol. The van der Waals surface area contributed by atoms with Crippen molar-refractivity contribution in [2.24, 2.45) is 5.92 Å². The van der Waals surface area contributed by atoms with Crippen molar-refractivity contribution in [2.75, 3.05) is 18.0 Å². The normalized spacial score (nSPS) is 19.4. The molecule has 0 aromatic carbocycles. The molecule has 2 heterocycles. The number of aromatic nitrogens is 2. The highest BCUT2D eigenvalue weighted by molar-refractivity contribution is 5.67. The molecule has 1 fully saturated rings. The Bertz CT molecular complexity index is 436. The van der Waals surface area contributed by atoms with Gasteiger partial charge in [0.15, 0.2) is 0 Å². The van der Waals surface area contributed by atoms with Crippen LogP contribution >= 0.6 is 0 Å². The summed E-state index contributed by atoms with van der Waals surface area (Å²) in [6.45, 7) is 3.87. The van der Waals surface area contributed by atoms with Gasteiger partial charge in [0.25, 0.3) is 0 Å². The lowest BCUT2D eigenvalue weighted by molar-refractivity contribution is -0.138. The fourth-order valence-corrected chi connectivity index (χ4v) is 2.64. The van der Waals surface area contributed by atoms with E-state index in [2.05, 4.69) is 21.8 Å². The van der Waals surface area contributed by atoms with Crippen LogP contribution in [0.15, 0.2) is 12.4 Å². The first-order valence-electron chi connectivity index (χ1n) is 6.96. The van der Waals surface area contributed by atoms with Crippen LogP contribution in [-0.4, -0.2) is 34.1 Å². The predicted octanol–water partition coefficient (Wildman–Crippen LogP) is 2.12. The van der Waals surface area contributed by atoms with E-state index >= 15 is 0 Å². The second kappa shape index (κ2) is 6.50. The Morgan fingerprint density at radius 2 is 2.37 bits per heavy atom. The Kier molecular flexibility index (Phi) is 4.71. The predicted molar refractivity (Wildman–Crippen MR) is 73.2 cm³/mol. The summed E-state index contributed by atoms with van der Waals surface area (Å²) in [6.07, 6.45) is 5.92. The summed E-state index contributed by atoms with van der Waals surface area (Å²) in [7, 11) is 0. The third-order valence-corrected chi connectivity index (χ3v) is 3.52. The van der Waals surface area contributed by atoms with Crippen molar-refractivity contribution in [2.45, 2.75) is 39.0 Å². The van der Waals surface area contributed by atoms with E-state index in [4.69, 9.17) is 5.11 Å². The Hall–Kier alpha value is -1.65. The van der Waals surface area contributed by atoms with Gasteiger partial charge in [0.1, 0.15) is 12.1 Å². The van der Waals surface area contributed by atoms with E-state index in [1.807, 2.05) is 6.07 Å². The van der Waals surface area contributed by atoms with E-state index in [0.29, 0.717) is 0 Å². The van der Waals surface area contributed by atoms with Crippen molar-refractivity contribution in [1.82, 2.24) is 9.97 Å². The summed E-state index contributed by atoms with van der Waals surface area (Å²) in [4.78, 5) is 21.6. The number of carboxylic acids is 1. The maximum atomic E-state index is 10.8. The van der Waals surface area contributed by atoms with E-state index in [1.54, 1.807) is 6.33 Å². The zero-order valence-corrected chi connectivity index (χ0v) is 11.4. The Labute approximate surface area is 113 Å². The molecule has 19 heavy (non-hydrogen) atoms. The Morgan fingerprint density at radius 3 is 3.11 bits per heavy atom. The number of carbonyl (C=O) groups is 1. The standard InChI is InChI=1S/C14H21N3O2/c1-2-4-12-8-13(16-10-15-12)17-6-3-5-11(9-17)7-14(18)19/h8,10-11H,2-7,9H2,1H3,(H,18,19). The maximum absolute atomic E-state index is 10.8. The van der Waals surface area contributed by atoms with Crippen molar-refractivity contribution in [1.29, 1.82) is 0 Å². The molecular weight excluding hydrogens is 242 g/mol. The van der Waals surface area contributed by atoms with Crippen molar-refractivity contribution in [3.63, 3.8) is 0 Å². The van der Waals surface area contributed by atoms with Crippen molar-refractivity contribution in [3.05, 3.63) is 18.1 Å². The van der Waals surface area contributed by atoms with Gasteiger partial charge in [0, 0.05) is 31.3 Å². The van der Waals surface area contributed by atoms with Crippen molar-refractivity contribution in [3.8, 4) is 0 Å². The van der Waals surface area contributed by atoms with E-state index < -0.39 is 5.97 Å². The molecule has 5 nitrogen and oxygen atoms in total. The summed E-state index contributed by atoms with van der Waals surface area (Å²) in [5.41, 5.74) is 1.06. The molecule has 1 aromatic rings. The van der Waals surface area contributed by atoms with Gasteiger partial charge in [0.2, 0.25) is 0 Å². The Balaban J connectivity index is 2.04. The fraction of sp³-hybridized carbons (Fsp3) is 0.643. The number of anilines is 1. The van der Waals surface area contributed by atoms with Crippen LogP contribution in [0.3, 0.4) is 0 Å². The van der Waals surface area contributed by atoms with Gasteiger partial charge in [0.05, 0.1) is 0 Å². The molecule has 0 amide bonds. The minimum atomic E-state index is -0.707. The molecule has 0 aliphatic carbocycles. The van der Waals surface area contributed by atoms with Crippen LogP contribution in [0, 0.1) is 5.92 Å². The highest BCUT2D eigenvalue weighted by Gasteiger charge is 2.23.